The van der Waals surface area contributed by atoms with Crippen molar-refractivity contribution in [2.45, 2.75) is 32.6 Å². The molecule has 0 aliphatic rings. The van der Waals surface area contributed by atoms with E-state index in [0.717, 1.165) is 31.4 Å². The maximum atomic E-state index is 8.39. The molecule has 0 saturated carbocycles. The third kappa shape index (κ3) is 5.96. The predicted molar refractivity (Wildman–Crippen MR) is 105 cm³/mol. The molecule has 3 heteroatoms. The molecule has 0 atom stereocenters. The van der Waals surface area contributed by atoms with Crippen molar-refractivity contribution in [1.29, 1.82) is 0 Å². The van der Waals surface area contributed by atoms with Crippen LogP contribution in [0.1, 0.15) is 42.9 Å². The van der Waals surface area contributed by atoms with Crippen LogP contribution in [0.4, 0.5) is 0 Å². The van der Waals surface area contributed by atoms with Gasteiger partial charge in [0, 0.05) is 12.6 Å². The van der Waals surface area contributed by atoms with Crippen LogP contribution in [0.15, 0.2) is 65.7 Å². The highest BCUT2D eigenvalue weighted by Crippen LogP contribution is 2.19. The molecule has 0 fully saturated rings. The van der Waals surface area contributed by atoms with Crippen molar-refractivity contribution in [1.82, 2.24) is 0 Å². The van der Waals surface area contributed by atoms with E-state index in [1.165, 1.54) is 22.3 Å². The highest BCUT2D eigenvalue weighted by atomic mass is 17.1. The monoisotopic (exact) mass is 337 g/mol. The Morgan fingerprint density at radius 2 is 1.72 bits per heavy atom. The van der Waals surface area contributed by atoms with E-state index in [4.69, 9.17) is 5.26 Å². The molecule has 2 aromatic rings. The van der Waals surface area contributed by atoms with Gasteiger partial charge < -0.3 is 0 Å². The normalized spacial score (nSPS) is 12.4. The van der Waals surface area contributed by atoms with Gasteiger partial charge in [-0.2, -0.15) is 0 Å². The van der Waals surface area contributed by atoms with Crippen molar-refractivity contribution in [3.8, 4) is 0 Å². The summed E-state index contributed by atoms with van der Waals surface area (Å²) in [5.41, 5.74) is 5.93. The Balaban J connectivity index is 2.15. The van der Waals surface area contributed by atoms with Crippen LogP contribution in [0, 0.1) is 0 Å². The molecule has 2 rings (SSSR count). The zero-order valence-electron chi connectivity index (χ0n) is 15.1. The van der Waals surface area contributed by atoms with Crippen molar-refractivity contribution < 1.29 is 10.1 Å². The predicted octanol–water partition coefficient (Wildman–Crippen LogP) is 5.41. The second-order valence-corrected chi connectivity index (χ2v) is 6.10. The van der Waals surface area contributed by atoms with Gasteiger partial charge in [-0.25, -0.2) is 4.89 Å². The first kappa shape index (κ1) is 19.1. The van der Waals surface area contributed by atoms with Crippen molar-refractivity contribution in [3.05, 3.63) is 77.4 Å². The SMILES string of the molecule is C/N=C(\C=C(/C)c1ccccc1)c1ccccc1CCCCCOO. The van der Waals surface area contributed by atoms with Crippen LogP contribution in [-0.4, -0.2) is 24.6 Å². The molecule has 132 valence electrons. The van der Waals surface area contributed by atoms with Gasteiger partial charge in [-0.05, 0) is 49.0 Å². The molecular weight excluding hydrogens is 310 g/mol. The van der Waals surface area contributed by atoms with Crippen molar-refractivity contribution >= 4 is 11.3 Å². The molecule has 0 amide bonds. The molecule has 0 spiro atoms. The maximum Gasteiger partial charge on any atom is 0.0819 e. The second-order valence-electron chi connectivity index (χ2n) is 6.10. The minimum Gasteiger partial charge on any atom is -0.288 e. The van der Waals surface area contributed by atoms with E-state index in [2.05, 4.69) is 71.4 Å². The molecule has 25 heavy (non-hydrogen) atoms. The summed E-state index contributed by atoms with van der Waals surface area (Å²) in [6, 6.07) is 18.8. The second kappa shape index (κ2) is 10.6. The molecular formula is C22H27NO2. The smallest absolute Gasteiger partial charge is 0.0819 e. The summed E-state index contributed by atoms with van der Waals surface area (Å²) >= 11 is 0. The van der Waals surface area contributed by atoms with Crippen LogP contribution in [0.5, 0.6) is 0 Å². The highest BCUT2D eigenvalue weighted by Gasteiger charge is 2.07. The summed E-state index contributed by atoms with van der Waals surface area (Å²) < 4.78 is 0. The average Bonchev–Trinajstić information content (AvgIpc) is 2.67. The Labute approximate surface area is 150 Å². The van der Waals surface area contributed by atoms with Crippen LogP contribution >= 0.6 is 0 Å². The van der Waals surface area contributed by atoms with Crippen LogP contribution in [0.25, 0.3) is 5.57 Å². The number of unbranched alkanes of at least 4 members (excludes halogenated alkanes) is 2. The molecule has 0 aromatic heterocycles. The zero-order chi connectivity index (χ0) is 17.9. The number of allylic oxidation sites excluding steroid dienone is 2. The number of aryl methyl sites for hydroxylation is 1. The summed E-state index contributed by atoms with van der Waals surface area (Å²) in [6.45, 7) is 2.53. The summed E-state index contributed by atoms with van der Waals surface area (Å²) in [5, 5.41) is 8.39. The number of hydrogen-bond donors (Lipinski definition) is 1. The van der Waals surface area contributed by atoms with Gasteiger partial charge in [0.2, 0.25) is 0 Å². The summed E-state index contributed by atoms with van der Waals surface area (Å²) in [4.78, 5) is 8.66. The lowest BCUT2D eigenvalue weighted by Gasteiger charge is -2.11. The molecule has 0 aliphatic carbocycles. The third-order valence-corrected chi connectivity index (χ3v) is 4.30. The van der Waals surface area contributed by atoms with Crippen molar-refractivity contribution in [2.75, 3.05) is 13.7 Å². The lowest BCUT2D eigenvalue weighted by molar-refractivity contribution is -0.242. The largest absolute Gasteiger partial charge is 0.288 e. The zero-order valence-corrected chi connectivity index (χ0v) is 15.1. The molecule has 3 nitrogen and oxygen atoms in total. The van der Waals surface area contributed by atoms with Gasteiger partial charge in [-0.3, -0.25) is 10.2 Å². The lowest BCUT2D eigenvalue weighted by Crippen LogP contribution is -2.03. The summed E-state index contributed by atoms with van der Waals surface area (Å²) in [6.07, 6.45) is 6.14. The van der Waals surface area contributed by atoms with Crippen molar-refractivity contribution in [2.24, 2.45) is 4.99 Å². The molecule has 1 N–H and O–H groups in total. The fraction of sp³-hybridized carbons (Fsp3) is 0.318. The van der Waals surface area contributed by atoms with Gasteiger partial charge in [-0.1, -0.05) is 61.0 Å². The minimum absolute atomic E-state index is 0.405. The van der Waals surface area contributed by atoms with Gasteiger partial charge in [0.15, 0.2) is 0 Å². The van der Waals surface area contributed by atoms with E-state index in [1.54, 1.807) is 0 Å². The van der Waals surface area contributed by atoms with Crippen LogP contribution in [0.2, 0.25) is 0 Å². The van der Waals surface area contributed by atoms with Gasteiger partial charge in [0.25, 0.3) is 0 Å². The Morgan fingerprint density at radius 1 is 1.00 bits per heavy atom. The molecule has 2 aromatic carbocycles. The van der Waals surface area contributed by atoms with E-state index in [-0.39, 0.29) is 0 Å². The Morgan fingerprint density at radius 3 is 2.44 bits per heavy atom. The summed E-state index contributed by atoms with van der Waals surface area (Å²) in [7, 11) is 1.85. The fourth-order valence-corrected chi connectivity index (χ4v) is 2.90. The molecule has 0 aliphatic heterocycles. The van der Waals surface area contributed by atoms with Gasteiger partial charge in [0.1, 0.15) is 0 Å². The molecule has 0 saturated heterocycles. The Kier molecular flexibility index (Phi) is 8.10. The van der Waals surface area contributed by atoms with Crippen LogP contribution in [-0.2, 0) is 11.3 Å². The average molecular weight is 337 g/mol. The van der Waals surface area contributed by atoms with E-state index < -0.39 is 0 Å². The maximum absolute atomic E-state index is 8.39. The number of aliphatic imine (C=N–C) groups is 1. The summed E-state index contributed by atoms with van der Waals surface area (Å²) in [5.74, 6) is 0. The van der Waals surface area contributed by atoms with E-state index in [1.807, 2.05) is 13.1 Å². The first-order chi connectivity index (χ1) is 12.3. The first-order valence-electron chi connectivity index (χ1n) is 8.81. The van der Waals surface area contributed by atoms with Crippen LogP contribution in [0.3, 0.4) is 0 Å². The highest BCUT2D eigenvalue weighted by molar-refractivity contribution is 6.12. The Hall–Kier alpha value is -2.23. The van der Waals surface area contributed by atoms with Crippen LogP contribution < -0.4 is 0 Å². The number of rotatable bonds is 9. The molecule has 0 bridgehead atoms. The lowest BCUT2D eigenvalue weighted by atomic mass is 9.96. The fourth-order valence-electron chi connectivity index (χ4n) is 2.90. The van der Waals surface area contributed by atoms with E-state index in [0.29, 0.717) is 6.61 Å². The molecule has 0 radical (unpaired) electrons. The quantitative estimate of drug-likeness (QED) is 0.288. The Bertz CT molecular complexity index is 705. The first-order valence-corrected chi connectivity index (χ1v) is 8.81. The topological polar surface area (TPSA) is 41.8 Å². The van der Waals surface area contributed by atoms with Gasteiger partial charge in [0.05, 0.1) is 12.3 Å². The molecule has 0 unspecified atom stereocenters. The van der Waals surface area contributed by atoms with Gasteiger partial charge >= 0.3 is 0 Å². The standard InChI is InChI=1S/C22H27NO2/c1-18(19-11-5-3-6-12-19)17-22(23-2)21-15-9-8-14-20(21)13-7-4-10-16-25-24/h3,5-6,8-9,11-12,14-15,17,24H,4,7,10,13,16H2,1-2H3/b18-17+,23-22+. The van der Waals surface area contributed by atoms with E-state index >= 15 is 0 Å². The number of nitrogens with zero attached hydrogens (tertiary/aromatic N) is 1. The van der Waals surface area contributed by atoms with Gasteiger partial charge in [-0.15, -0.1) is 0 Å². The molecule has 0 heterocycles. The third-order valence-electron chi connectivity index (χ3n) is 4.30. The number of benzene rings is 2. The van der Waals surface area contributed by atoms with E-state index in [9.17, 15) is 0 Å². The number of hydrogen-bond acceptors (Lipinski definition) is 3. The minimum atomic E-state index is 0.405. The van der Waals surface area contributed by atoms with Crippen molar-refractivity contribution in [3.63, 3.8) is 0 Å².